The highest BCUT2D eigenvalue weighted by Crippen LogP contribution is 2.20. The van der Waals surface area contributed by atoms with Crippen molar-refractivity contribution < 1.29 is 4.42 Å². The molecule has 86 valence electrons. The Morgan fingerprint density at radius 3 is 3.06 bits per heavy atom. The number of nitrogens with two attached hydrogens (primary N) is 1. The molecule has 2 aromatic rings. The molecule has 0 saturated carbocycles. The normalized spacial score (nSPS) is 12.9. The minimum Gasteiger partial charge on any atom is -0.467 e. The Balaban J connectivity index is 2.25. The molecule has 16 heavy (non-hydrogen) atoms. The molecule has 0 aliphatic rings. The molecule has 0 radical (unpaired) electrons. The van der Waals surface area contributed by atoms with Crippen LogP contribution < -0.4 is 11.1 Å². The lowest BCUT2D eigenvalue weighted by Gasteiger charge is -2.15. The summed E-state index contributed by atoms with van der Waals surface area (Å²) >= 11 is 0. The lowest BCUT2D eigenvalue weighted by molar-refractivity contribution is 0.433. The molecular formula is C11H16N4O. The molecule has 0 aliphatic carbocycles. The van der Waals surface area contributed by atoms with Gasteiger partial charge in [-0.3, -0.25) is 5.32 Å². The van der Waals surface area contributed by atoms with E-state index >= 15 is 0 Å². The quantitative estimate of drug-likeness (QED) is 0.776. The van der Waals surface area contributed by atoms with Crippen molar-refractivity contribution in [3.8, 4) is 0 Å². The van der Waals surface area contributed by atoms with Crippen molar-refractivity contribution in [3.63, 3.8) is 0 Å². The summed E-state index contributed by atoms with van der Waals surface area (Å²) < 4.78 is 7.38. The number of nitrogens with one attached hydrogen (secondary N) is 1. The first-order chi connectivity index (χ1) is 7.83. The summed E-state index contributed by atoms with van der Waals surface area (Å²) in [5.74, 6) is 1.77. The summed E-state index contributed by atoms with van der Waals surface area (Å²) in [5.41, 5.74) is 5.50. The SMILES string of the molecule is Cn1ccnc1C(NCCN)c1ccco1. The Morgan fingerprint density at radius 1 is 1.62 bits per heavy atom. The van der Waals surface area contributed by atoms with Gasteiger partial charge >= 0.3 is 0 Å². The lowest BCUT2D eigenvalue weighted by atomic mass is 10.2. The largest absolute Gasteiger partial charge is 0.467 e. The van der Waals surface area contributed by atoms with Crippen LogP contribution in [0, 0.1) is 0 Å². The molecule has 5 nitrogen and oxygen atoms in total. The predicted molar refractivity (Wildman–Crippen MR) is 60.8 cm³/mol. The highest BCUT2D eigenvalue weighted by atomic mass is 16.3. The molecule has 0 spiro atoms. The van der Waals surface area contributed by atoms with Crippen LogP contribution in [0.4, 0.5) is 0 Å². The summed E-state index contributed by atoms with van der Waals surface area (Å²) in [4.78, 5) is 4.32. The topological polar surface area (TPSA) is 69.0 Å². The van der Waals surface area contributed by atoms with Crippen molar-refractivity contribution in [2.45, 2.75) is 6.04 Å². The molecule has 3 N–H and O–H groups in total. The van der Waals surface area contributed by atoms with E-state index < -0.39 is 0 Å². The number of rotatable bonds is 5. The second-order valence-electron chi connectivity index (χ2n) is 3.59. The van der Waals surface area contributed by atoms with Crippen LogP contribution in [-0.2, 0) is 7.05 Å². The van der Waals surface area contributed by atoms with Crippen LogP contribution >= 0.6 is 0 Å². The molecule has 1 atom stereocenters. The maximum Gasteiger partial charge on any atom is 0.133 e. The molecule has 1 unspecified atom stereocenters. The number of aryl methyl sites for hydroxylation is 1. The molecule has 0 bridgehead atoms. The second kappa shape index (κ2) is 4.96. The van der Waals surface area contributed by atoms with E-state index in [1.54, 1.807) is 12.5 Å². The average Bonchev–Trinajstić information content (AvgIpc) is 2.91. The zero-order valence-electron chi connectivity index (χ0n) is 9.26. The van der Waals surface area contributed by atoms with Crippen LogP contribution in [0.15, 0.2) is 35.2 Å². The molecule has 0 aromatic carbocycles. The van der Waals surface area contributed by atoms with E-state index in [9.17, 15) is 0 Å². The molecule has 5 heteroatoms. The van der Waals surface area contributed by atoms with Gasteiger partial charge in [0.2, 0.25) is 0 Å². The van der Waals surface area contributed by atoms with Gasteiger partial charge in [-0.15, -0.1) is 0 Å². The van der Waals surface area contributed by atoms with Gasteiger partial charge in [-0.05, 0) is 12.1 Å². The fraction of sp³-hybridized carbons (Fsp3) is 0.364. The average molecular weight is 220 g/mol. The molecule has 2 rings (SSSR count). The molecule has 0 aliphatic heterocycles. The Kier molecular flexibility index (Phi) is 3.38. The van der Waals surface area contributed by atoms with Gasteiger partial charge in [0.05, 0.1) is 6.26 Å². The van der Waals surface area contributed by atoms with Gasteiger partial charge in [0.1, 0.15) is 17.6 Å². The summed E-state index contributed by atoms with van der Waals surface area (Å²) in [6.45, 7) is 1.31. The summed E-state index contributed by atoms with van der Waals surface area (Å²) in [7, 11) is 1.96. The monoisotopic (exact) mass is 220 g/mol. The van der Waals surface area contributed by atoms with Crippen LogP contribution in [0.2, 0.25) is 0 Å². The summed E-state index contributed by atoms with van der Waals surface area (Å²) in [6, 6.07) is 3.76. The van der Waals surface area contributed by atoms with Crippen molar-refractivity contribution in [3.05, 3.63) is 42.4 Å². The van der Waals surface area contributed by atoms with Crippen molar-refractivity contribution >= 4 is 0 Å². The van der Waals surface area contributed by atoms with Crippen molar-refractivity contribution in [1.29, 1.82) is 0 Å². The highest BCUT2D eigenvalue weighted by molar-refractivity contribution is 5.15. The van der Waals surface area contributed by atoms with Gasteiger partial charge in [-0.1, -0.05) is 0 Å². The fourth-order valence-corrected chi connectivity index (χ4v) is 1.66. The Bertz CT molecular complexity index is 421. The Labute approximate surface area is 94.3 Å². The predicted octanol–water partition coefficient (Wildman–Crippen LogP) is 0.651. The van der Waals surface area contributed by atoms with Crippen molar-refractivity contribution in [2.24, 2.45) is 12.8 Å². The smallest absolute Gasteiger partial charge is 0.133 e. The fourth-order valence-electron chi connectivity index (χ4n) is 1.66. The standard InChI is InChI=1S/C11H16N4O/c1-15-7-6-14-11(15)10(13-5-4-12)9-3-2-8-16-9/h2-3,6-8,10,13H,4-5,12H2,1H3. The van der Waals surface area contributed by atoms with E-state index in [-0.39, 0.29) is 6.04 Å². The summed E-state index contributed by atoms with van der Waals surface area (Å²) in [5, 5.41) is 3.31. The van der Waals surface area contributed by atoms with Gasteiger partial charge in [0.15, 0.2) is 0 Å². The number of furan rings is 1. The first-order valence-corrected chi connectivity index (χ1v) is 5.27. The first-order valence-electron chi connectivity index (χ1n) is 5.27. The zero-order chi connectivity index (χ0) is 11.4. The summed E-state index contributed by atoms with van der Waals surface area (Å²) in [6.07, 6.45) is 5.35. The van der Waals surface area contributed by atoms with E-state index in [4.69, 9.17) is 10.2 Å². The third-order valence-electron chi connectivity index (χ3n) is 2.44. The van der Waals surface area contributed by atoms with Crippen LogP contribution in [0.25, 0.3) is 0 Å². The molecule has 0 amide bonds. The van der Waals surface area contributed by atoms with Crippen molar-refractivity contribution in [1.82, 2.24) is 14.9 Å². The first kappa shape index (κ1) is 10.9. The Morgan fingerprint density at radius 2 is 2.50 bits per heavy atom. The van der Waals surface area contributed by atoms with E-state index in [1.165, 1.54) is 0 Å². The second-order valence-corrected chi connectivity index (χ2v) is 3.59. The maximum absolute atomic E-state index is 5.50. The molecule has 2 heterocycles. The number of imidazole rings is 1. The maximum atomic E-state index is 5.50. The van der Waals surface area contributed by atoms with E-state index in [2.05, 4.69) is 10.3 Å². The van der Waals surface area contributed by atoms with Crippen molar-refractivity contribution in [2.75, 3.05) is 13.1 Å². The van der Waals surface area contributed by atoms with Crippen LogP contribution in [0.3, 0.4) is 0 Å². The van der Waals surface area contributed by atoms with E-state index in [1.807, 2.05) is 29.9 Å². The highest BCUT2D eigenvalue weighted by Gasteiger charge is 2.19. The van der Waals surface area contributed by atoms with Crippen LogP contribution in [0.1, 0.15) is 17.6 Å². The number of hydrogen-bond donors (Lipinski definition) is 2. The zero-order valence-corrected chi connectivity index (χ0v) is 9.26. The minimum absolute atomic E-state index is 0.0430. The van der Waals surface area contributed by atoms with Gasteiger partial charge < -0.3 is 14.7 Å². The minimum atomic E-state index is -0.0430. The number of hydrogen-bond acceptors (Lipinski definition) is 4. The van der Waals surface area contributed by atoms with Crippen LogP contribution in [-0.4, -0.2) is 22.6 Å². The Hall–Kier alpha value is -1.59. The molecule has 0 saturated heterocycles. The third-order valence-corrected chi connectivity index (χ3v) is 2.44. The van der Waals surface area contributed by atoms with Gasteiger partial charge in [0, 0.05) is 32.5 Å². The van der Waals surface area contributed by atoms with Crippen LogP contribution in [0.5, 0.6) is 0 Å². The van der Waals surface area contributed by atoms with Gasteiger partial charge in [-0.25, -0.2) is 4.98 Å². The molecular weight excluding hydrogens is 204 g/mol. The third kappa shape index (κ3) is 2.15. The van der Waals surface area contributed by atoms with E-state index in [0.29, 0.717) is 6.54 Å². The number of aromatic nitrogens is 2. The van der Waals surface area contributed by atoms with Gasteiger partial charge in [-0.2, -0.15) is 0 Å². The lowest BCUT2D eigenvalue weighted by Crippen LogP contribution is -2.29. The molecule has 0 fully saturated rings. The molecule has 2 aromatic heterocycles. The van der Waals surface area contributed by atoms with E-state index in [0.717, 1.165) is 18.1 Å². The number of nitrogens with zero attached hydrogens (tertiary/aromatic N) is 2. The van der Waals surface area contributed by atoms with Gasteiger partial charge in [0.25, 0.3) is 0 Å².